The Morgan fingerprint density at radius 2 is 2.05 bits per heavy atom. The molecule has 4 nitrogen and oxygen atoms in total. The molecule has 1 fully saturated rings. The fourth-order valence-electron chi connectivity index (χ4n) is 2.95. The van der Waals surface area contributed by atoms with Gasteiger partial charge in [-0.1, -0.05) is 6.92 Å². The van der Waals surface area contributed by atoms with Crippen molar-refractivity contribution in [2.75, 3.05) is 19.7 Å². The van der Waals surface area contributed by atoms with Gasteiger partial charge in [-0.3, -0.25) is 4.90 Å². The quantitative estimate of drug-likeness (QED) is 0.889. The largest absolute Gasteiger partial charge is 0.396 e. The first-order chi connectivity index (χ1) is 9.10. The van der Waals surface area contributed by atoms with E-state index in [9.17, 15) is 5.11 Å². The van der Waals surface area contributed by atoms with E-state index < -0.39 is 0 Å². The van der Waals surface area contributed by atoms with Crippen molar-refractivity contribution in [1.29, 1.82) is 0 Å². The molecule has 2 rings (SSSR count). The Bertz CT molecular complexity index is 386. The van der Waals surface area contributed by atoms with Crippen molar-refractivity contribution in [2.45, 2.75) is 52.6 Å². The summed E-state index contributed by atoms with van der Waals surface area (Å²) in [7, 11) is 0. The van der Waals surface area contributed by atoms with Crippen LogP contribution < -0.4 is 0 Å². The summed E-state index contributed by atoms with van der Waals surface area (Å²) in [5.41, 5.74) is 0.171. The molecule has 0 radical (unpaired) electrons. The van der Waals surface area contributed by atoms with Crippen LogP contribution >= 0.6 is 0 Å². The van der Waals surface area contributed by atoms with Gasteiger partial charge in [0.05, 0.1) is 6.54 Å². The van der Waals surface area contributed by atoms with Crippen LogP contribution in [0.4, 0.5) is 0 Å². The summed E-state index contributed by atoms with van der Waals surface area (Å²) in [5, 5.41) is 9.57. The third kappa shape index (κ3) is 3.18. The lowest BCUT2D eigenvalue weighted by Crippen LogP contribution is -2.41. The lowest BCUT2D eigenvalue weighted by Gasteiger charge is -2.40. The molecule has 0 unspecified atom stereocenters. The Morgan fingerprint density at radius 3 is 2.58 bits per heavy atom. The monoisotopic (exact) mass is 265 g/mol. The van der Waals surface area contributed by atoms with Gasteiger partial charge in [0.25, 0.3) is 0 Å². The highest BCUT2D eigenvalue weighted by Gasteiger charge is 2.32. The van der Waals surface area contributed by atoms with Gasteiger partial charge < -0.3 is 9.67 Å². The highest BCUT2D eigenvalue weighted by Crippen LogP contribution is 2.34. The third-order valence-electron chi connectivity index (χ3n) is 4.67. The Hall–Kier alpha value is -0.870. The van der Waals surface area contributed by atoms with Crippen LogP contribution in [0.5, 0.6) is 0 Å². The molecule has 19 heavy (non-hydrogen) atoms. The van der Waals surface area contributed by atoms with Gasteiger partial charge >= 0.3 is 0 Å². The summed E-state index contributed by atoms with van der Waals surface area (Å²) in [6, 6.07) is 0.467. The molecule has 2 heterocycles. The van der Waals surface area contributed by atoms with Crippen molar-refractivity contribution in [1.82, 2.24) is 14.5 Å². The molecule has 1 aliphatic rings. The topological polar surface area (TPSA) is 41.3 Å². The second-order valence-corrected chi connectivity index (χ2v) is 6.13. The number of hydrogen-bond donors (Lipinski definition) is 1. The zero-order valence-electron chi connectivity index (χ0n) is 12.5. The number of nitrogens with zero attached hydrogens (tertiary/aromatic N) is 3. The second kappa shape index (κ2) is 6.06. The lowest BCUT2D eigenvalue weighted by atomic mass is 9.77. The van der Waals surface area contributed by atoms with Crippen LogP contribution in [0.2, 0.25) is 0 Å². The fraction of sp³-hybridized carbons (Fsp3) is 0.800. The van der Waals surface area contributed by atoms with Crippen LogP contribution in [-0.4, -0.2) is 39.3 Å². The Balaban J connectivity index is 1.94. The maximum atomic E-state index is 9.57. The first-order valence-electron chi connectivity index (χ1n) is 7.45. The van der Waals surface area contributed by atoms with Gasteiger partial charge in [0, 0.05) is 25.0 Å². The normalized spacial score (nSPS) is 20.1. The van der Waals surface area contributed by atoms with Crippen LogP contribution in [-0.2, 0) is 6.54 Å². The van der Waals surface area contributed by atoms with Gasteiger partial charge in [-0.05, 0) is 51.6 Å². The smallest absolute Gasteiger partial charge is 0.123 e. The minimum Gasteiger partial charge on any atom is -0.396 e. The number of aliphatic hydroxyl groups is 1. The third-order valence-corrected chi connectivity index (χ3v) is 4.67. The average Bonchev–Trinajstić information content (AvgIpc) is 2.88. The number of rotatable bonds is 5. The molecule has 4 heteroatoms. The maximum Gasteiger partial charge on any atom is 0.123 e. The van der Waals surface area contributed by atoms with Gasteiger partial charge in [0.2, 0.25) is 0 Å². The second-order valence-electron chi connectivity index (χ2n) is 6.13. The van der Waals surface area contributed by atoms with Crippen LogP contribution in [0.1, 0.15) is 51.9 Å². The molecule has 1 aromatic heterocycles. The first-order valence-corrected chi connectivity index (χ1v) is 7.45. The molecular weight excluding hydrogens is 238 g/mol. The fourth-order valence-corrected chi connectivity index (χ4v) is 2.95. The number of hydrogen-bond acceptors (Lipinski definition) is 3. The number of imidazole rings is 1. The summed E-state index contributed by atoms with van der Waals surface area (Å²) >= 11 is 0. The summed E-state index contributed by atoms with van der Waals surface area (Å²) in [6.07, 6.45) is 7.24. The van der Waals surface area contributed by atoms with Gasteiger partial charge in [-0.25, -0.2) is 4.98 Å². The van der Waals surface area contributed by atoms with Crippen molar-refractivity contribution in [3.05, 3.63) is 18.2 Å². The van der Waals surface area contributed by atoms with E-state index in [4.69, 9.17) is 0 Å². The van der Waals surface area contributed by atoms with Crippen molar-refractivity contribution < 1.29 is 5.11 Å². The van der Waals surface area contributed by atoms with E-state index in [1.54, 1.807) is 0 Å². The molecule has 0 aromatic carbocycles. The molecule has 1 aromatic rings. The lowest BCUT2D eigenvalue weighted by molar-refractivity contribution is 0.0369. The molecule has 1 saturated heterocycles. The van der Waals surface area contributed by atoms with Crippen LogP contribution in [0.25, 0.3) is 0 Å². The van der Waals surface area contributed by atoms with Crippen molar-refractivity contribution >= 4 is 0 Å². The predicted octanol–water partition coefficient (Wildman–Crippen LogP) is 2.45. The van der Waals surface area contributed by atoms with E-state index in [2.05, 4.69) is 41.4 Å². The van der Waals surface area contributed by atoms with Crippen LogP contribution in [0, 0.1) is 5.41 Å². The van der Waals surface area contributed by atoms with E-state index in [1.807, 2.05) is 6.20 Å². The molecule has 0 spiro atoms. The standard InChI is InChI=1S/C15H27N3O/c1-4-15(12-19)5-8-17(9-6-15)11-14-16-7-10-18(14)13(2)3/h7,10,13,19H,4-6,8-9,11-12H2,1-3H3. The number of aliphatic hydroxyl groups excluding tert-OH is 1. The Labute approximate surface area is 116 Å². The number of likely N-dealkylation sites (tertiary alicyclic amines) is 1. The predicted molar refractivity (Wildman–Crippen MR) is 76.9 cm³/mol. The van der Waals surface area contributed by atoms with E-state index in [1.165, 1.54) is 0 Å². The molecule has 0 saturated carbocycles. The molecule has 0 amide bonds. The molecular formula is C15H27N3O. The van der Waals surface area contributed by atoms with Gasteiger partial charge in [-0.2, -0.15) is 0 Å². The minimum absolute atomic E-state index is 0.171. The van der Waals surface area contributed by atoms with Gasteiger partial charge in [0.1, 0.15) is 5.82 Å². The number of piperidine rings is 1. The molecule has 1 aliphatic heterocycles. The molecule has 0 aliphatic carbocycles. The summed E-state index contributed by atoms with van der Waals surface area (Å²) in [4.78, 5) is 6.94. The van der Waals surface area contributed by atoms with Crippen molar-refractivity contribution in [3.63, 3.8) is 0 Å². The van der Waals surface area contributed by atoms with E-state index in [-0.39, 0.29) is 5.41 Å². The number of aromatic nitrogens is 2. The Kier molecular flexibility index (Phi) is 4.63. The van der Waals surface area contributed by atoms with E-state index in [0.29, 0.717) is 12.6 Å². The maximum absolute atomic E-state index is 9.57. The zero-order valence-corrected chi connectivity index (χ0v) is 12.5. The van der Waals surface area contributed by atoms with Crippen LogP contribution in [0.3, 0.4) is 0 Å². The molecule has 108 valence electrons. The SMILES string of the molecule is CCC1(CO)CCN(Cc2nccn2C(C)C)CC1. The summed E-state index contributed by atoms with van der Waals surface area (Å²) in [6.45, 7) is 9.97. The minimum atomic E-state index is 0.171. The van der Waals surface area contributed by atoms with Gasteiger partial charge in [0.15, 0.2) is 0 Å². The molecule has 0 atom stereocenters. The highest BCUT2D eigenvalue weighted by atomic mass is 16.3. The van der Waals surface area contributed by atoms with Gasteiger partial charge in [-0.15, -0.1) is 0 Å². The molecule has 1 N–H and O–H groups in total. The zero-order chi connectivity index (χ0) is 13.9. The van der Waals surface area contributed by atoms with E-state index in [0.717, 1.165) is 44.7 Å². The Morgan fingerprint density at radius 1 is 1.37 bits per heavy atom. The van der Waals surface area contributed by atoms with Crippen molar-refractivity contribution in [3.8, 4) is 0 Å². The summed E-state index contributed by atoms with van der Waals surface area (Å²) in [5.74, 6) is 1.16. The van der Waals surface area contributed by atoms with E-state index >= 15 is 0 Å². The van der Waals surface area contributed by atoms with Crippen LogP contribution in [0.15, 0.2) is 12.4 Å². The summed E-state index contributed by atoms with van der Waals surface area (Å²) < 4.78 is 2.24. The molecule has 0 bridgehead atoms. The highest BCUT2D eigenvalue weighted by molar-refractivity contribution is 4.95. The average molecular weight is 265 g/mol. The first kappa shape index (κ1) is 14.5. The van der Waals surface area contributed by atoms with Crippen molar-refractivity contribution in [2.24, 2.45) is 5.41 Å².